The maximum atomic E-state index is 12.5. The van der Waals surface area contributed by atoms with E-state index in [0.717, 1.165) is 43.2 Å². The number of piperazine rings is 1. The quantitative estimate of drug-likeness (QED) is 0.853. The van der Waals surface area contributed by atoms with Gasteiger partial charge in [0, 0.05) is 36.9 Å². The molecule has 0 bridgehead atoms. The topological polar surface area (TPSA) is 32.8 Å². The first-order chi connectivity index (χ1) is 11.7. The first-order valence-electron chi connectivity index (χ1n) is 8.07. The van der Waals surface area contributed by atoms with Gasteiger partial charge in [0.15, 0.2) is 0 Å². The summed E-state index contributed by atoms with van der Waals surface area (Å²) in [6, 6.07) is 15.5. The second-order valence-corrected chi connectivity index (χ2v) is 6.31. The van der Waals surface area contributed by atoms with Gasteiger partial charge >= 0.3 is 0 Å². The molecule has 0 aliphatic carbocycles. The molecular formula is C19H21ClN2O2. The highest BCUT2D eigenvalue weighted by molar-refractivity contribution is 6.30. The summed E-state index contributed by atoms with van der Waals surface area (Å²) < 4.78 is 5.19. The molecule has 1 aliphatic heterocycles. The van der Waals surface area contributed by atoms with E-state index in [1.807, 2.05) is 41.3 Å². The van der Waals surface area contributed by atoms with Gasteiger partial charge in [0.2, 0.25) is 5.91 Å². The molecule has 0 radical (unpaired) electrons. The fourth-order valence-electron chi connectivity index (χ4n) is 2.94. The zero-order chi connectivity index (χ0) is 16.9. The van der Waals surface area contributed by atoms with Gasteiger partial charge in [-0.1, -0.05) is 23.7 Å². The van der Waals surface area contributed by atoms with Crippen LogP contribution in [-0.2, 0) is 11.2 Å². The second-order valence-electron chi connectivity index (χ2n) is 5.87. The van der Waals surface area contributed by atoms with Crippen LogP contribution < -0.4 is 9.64 Å². The van der Waals surface area contributed by atoms with E-state index in [0.29, 0.717) is 11.4 Å². The van der Waals surface area contributed by atoms with E-state index < -0.39 is 0 Å². The molecule has 1 fully saturated rings. The Hall–Kier alpha value is -2.20. The molecule has 1 aliphatic rings. The molecule has 4 nitrogen and oxygen atoms in total. The summed E-state index contributed by atoms with van der Waals surface area (Å²) in [5.74, 6) is 1.01. The summed E-state index contributed by atoms with van der Waals surface area (Å²) in [5.41, 5.74) is 2.13. The smallest absolute Gasteiger partial charge is 0.227 e. The first kappa shape index (κ1) is 16.7. The average molecular weight is 345 g/mol. The van der Waals surface area contributed by atoms with E-state index >= 15 is 0 Å². The lowest BCUT2D eigenvalue weighted by Gasteiger charge is -2.36. The molecule has 0 N–H and O–H groups in total. The van der Waals surface area contributed by atoms with E-state index in [-0.39, 0.29) is 5.91 Å². The van der Waals surface area contributed by atoms with Crippen LogP contribution in [0.1, 0.15) is 5.56 Å². The highest BCUT2D eigenvalue weighted by Gasteiger charge is 2.21. The van der Waals surface area contributed by atoms with Gasteiger partial charge in [-0.15, -0.1) is 0 Å². The Morgan fingerprint density at radius 1 is 1.08 bits per heavy atom. The Bertz CT molecular complexity index is 695. The molecule has 0 aromatic heterocycles. The molecule has 1 amide bonds. The van der Waals surface area contributed by atoms with Gasteiger partial charge in [-0.3, -0.25) is 4.79 Å². The number of halogens is 1. The molecule has 0 atom stereocenters. The molecular weight excluding hydrogens is 324 g/mol. The van der Waals surface area contributed by atoms with Crippen LogP contribution in [-0.4, -0.2) is 44.1 Å². The lowest BCUT2D eigenvalue weighted by Crippen LogP contribution is -2.49. The molecule has 126 valence electrons. The summed E-state index contributed by atoms with van der Waals surface area (Å²) >= 11 is 5.98. The summed E-state index contributed by atoms with van der Waals surface area (Å²) in [7, 11) is 1.67. The Kier molecular flexibility index (Phi) is 5.26. The van der Waals surface area contributed by atoms with Crippen molar-refractivity contribution in [2.75, 3.05) is 38.2 Å². The predicted molar refractivity (Wildman–Crippen MR) is 96.9 cm³/mol. The number of amides is 1. The third kappa shape index (κ3) is 4.01. The van der Waals surface area contributed by atoms with Crippen molar-refractivity contribution in [3.8, 4) is 5.75 Å². The minimum Gasteiger partial charge on any atom is -0.497 e. The number of nitrogens with zero attached hydrogens (tertiary/aromatic N) is 2. The summed E-state index contributed by atoms with van der Waals surface area (Å²) in [6.07, 6.45) is 0.406. The minimum atomic E-state index is 0.159. The number of anilines is 1. The van der Waals surface area contributed by atoms with Gasteiger partial charge in [-0.05, 0) is 42.0 Å². The maximum Gasteiger partial charge on any atom is 0.227 e. The molecule has 5 heteroatoms. The number of rotatable bonds is 4. The third-order valence-corrected chi connectivity index (χ3v) is 4.55. The van der Waals surface area contributed by atoms with Crippen molar-refractivity contribution in [2.24, 2.45) is 0 Å². The number of carbonyl (C=O) groups excluding carboxylic acids is 1. The largest absolute Gasteiger partial charge is 0.497 e. The molecule has 2 aromatic carbocycles. The third-order valence-electron chi connectivity index (χ3n) is 4.31. The van der Waals surface area contributed by atoms with Gasteiger partial charge in [-0.25, -0.2) is 0 Å². The fraction of sp³-hybridized carbons (Fsp3) is 0.316. The van der Waals surface area contributed by atoms with Crippen molar-refractivity contribution in [3.63, 3.8) is 0 Å². The van der Waals surface area contributed by atoms with Crippen LogP contribution in [0.4, 0.5) is 5.69 Å². The van der Waals surface area contributed by atoms with E-state index in [1.54, 1.807) is 7.11 Å². The van der Waals surface area contributed by atoms with Gasteiger partial charge in [0.1, 0.15) is 5.75 Å². The lowest BCUT2D eigenvalue weighted by molar-refractivity contribution is -0.130. The Morgan fingerprint density at radius 2 is 1.79 bits per heavy atom. The van der Waals surface area contributed by atoms with Crippen molar-refractivity contribution < 1.29 is 9.53 Å². The maximum absolute atomic E-state index is 12.5. The zero-order valence-corrected chi connectivity index (χ0v) is 14.5. The second kappa shape index (κ2) is 7.58. The number of hydrogen-bond acceptors (Lipinski definition) is 3. The first-order valence-corrected chi connectivity index (χ1v) is 8.45. The molecule has 0 saturated carbocycles. The van der Waals surface area contributed by atoms with Crippen LogP contribution in [0.2, 0.25) is 5.02 Å². The van der Waals surface area contributed by atoms with Crippen LogP contribution in [0, 0.1) is 0 Å². The highest BCUT2D eigenvalue weighted by atomic mass is 35.5. The van der Waals surface area contributed by atoms with Crippen molar-refractivity contribution >= 4 is 23.2 Å². The van der Waals surface area contributed by atoms with Gasteiger partial charge in [-0.2, -0.15) is 0 Å². The molecule has 1 heterocycles. The Morgan fingerprint density at radius 3 is 2.42 bits per heavy atom. The SMILES string of the molecule is COc1ccc(N2CCN(C(=O)Cc3cccc(Cl)c3)CC2)cc1. The van der Waals surface area contributed by atoms with E-state index in [9.17, 15) is 4.79 Å². The van der Waals surface area contributed by atoms with Crippen LogP contribution in [0.25, 0.3) is 0 Å². The normalized spacial score (nSPS) is 14.6. The number of methoxy groups -OCH3 is 1. The molecule has 0 unspecified atom stereocenters. The average Bonchev–Trinajstić information content (AvgIpc) is 2.62. The van der Waals surface area contributed by atoms with Crippen molar-refractivity contribution in [2.45, 2.75) is 6.42 Å². The van der Waals surface area contributed by atoms with E-state index in [1.165, 1.54) is 0 Å². The fourth-order valence-corrected chi connectivity index (χ4v) is 3.15. The Balaban J connectivity index is 1.55. The minimum absolute atomic E-state index is 0.159. The Labute approximate surface area is 147 Å². The number of benzene rings is 2. The van der Waals surface area contributed by atoms with E-state index in [2.05, 4.69) is 17.0 Å². The zero-order valence-electron chi connectivity index (χ0n) is 13.7. The van der Waals surface area contributed by atoms with Gasteiger partial charge in [0.05, 0.1) is 13.5 Å². The van der Waals surface area contributed by atoms with Crippen LogP contribution in [0.3, 0.4) is 0 Å². The molecule has 24 heavy (non-hydrogen) atoms. The number of hydrogen-bond donors (Lipinski definition) is 0. The summed E-state index contributed by atoms with van der Waals surface area (Å²) in [4.78, 5) is 16.7. The molecule has 1 saturated heterocycles. The molecule has 3 rings (SSSR count). The van der Waals surface area contributed by atoms with Crippen molar-refractivity contribution in [1.29, 1.82) is 0 Å². The standard InChI is InChI=1S/C19H21ClN2O2/c1-24-18-7-5-17(6-8-18)21-9-11-22(12-10-21)19(23)14-15-3-2-4-16(20)13-15/h2-8,13H,9-12,14H2,1H3. The van der Waals surface area contributed by atoms with Gasteiger partial charge in [0.25, 0.3) is 0 Å². The van der Waals surface area contributed by atoms with E-state index in [4.69, 9.17) is 16.3 Å². The van der Waals surface area contributed by atoms with Crippen molar-refractivity contribution in [3.05, 3.63) is 59.1 Å². The molecule has 0 spiro atoms. The predicted octanol–water partition coefficient (Wildman–Crippen LogP) is 3.24. The van der Waals surface area contributed by atoms with Crippen LogP contribution in [0.5, 0.6) is 5.75 Å². The number of ether oxygens (including phenoxy) is 1. The monoisotopic (exact) mass is 344 g/mol. The lowest BCUT2D eigenvalue weighted by atomic mass is 10.1. The number of carbonyl (C=O) groups is 1. The summed E-state index contributed by atoms with van der Waals surface area (Å²) in [6.45, 7) is 3.16. The van der Waals surface area contributed by atoms with Crippen LogP contribution in [0.15, 0.2) is 48.5 Å². The highest BCUT2D eigenvalue weighted by Crippen LogP contribution is 2.21. The van der Waals surface area contributed by atoms with Gasteiger partial charge < -0.3 is 14.5 Å². The summed E-state index contributed by atoms with van der Waals surface area (Å²) in [5, 5.41) is 0.671. The van der Waals surface area contributed by atoms with Crippen molar-refractivity contribution in [1.82, 2.24) is 4.90 Å². The molecule has 2 aromatic rings. The van der Waals surface area contributed by atoms with Crippen LogP contribution >= 0.6 is 11.6 Å².